The number of nitrogens with zero attached hydrogens (tertiary/aromatic N) is 1. The molecule has 0 unspecified atom stereocenters. The van der Waals surface area contributed by atoms with Crippen molar-refractivity contribution in [3.8, 4) is 0 Å². The monoisotopic (exact) mass is 329 g/mol. The van der Waals surface area contributed by atoms with E-state index in [1.54, 1.807) is 0 Å². The van der Waals surface area contributed by atoms with Gasteiger partial charge in [-0.15, -0.1) is 0 Å². The second-order valence-electron chi connectivity index (χ2n) is 6.52. The van der Waals surface area contributed by atoms with Gasteiger partial charge in [-0.25, -0.2) is 0 Å². The fraction of sp³-hybridized carbons (Fsp3) is 1.00. The van der Waals surface area contributed by atoms with Gasteiger partial charge in [0, 0.05) is 18.3 Å². The first-order valence-corrected chi connectivity index (χ1v) is 11.4. The van der Waals surface area contributed by atoms with Crippen LogP contribution in [0, 0.1) is 5.92 Å². The highest BCUT2D eigenvalue weighted by Crippen LogP contribution is 2.56. The first-order valence-electron chi connectivity index (χ1n) is 9.65. The molecular weight excluding hydrogens is 290 g/mol. The Hall–Kier alpha value is 0.0969. The van der Waals surface area contributed by atoms with Gasteiger partial charge in [0.2, 0.25) is 0 Å². The van der Waals surface area contributed by atoms with E-state index in [0.29, 0.717) is 5.92 Å². The molecule has 0 amide bonds. The van der Waals surface area contributed by atoms with Crippen molar-refractivity contribution in [1.29, 1.82) is 0 Å². The molecule has 0 spiro atoms. The second kappa shape index (κ2) is 9.41. The van der Waals surface area contributed by atoms with Crippen LogP contribution in [0.1, 0.15) is 80.1 Å². The quantitative estimate of drug-likeness (QED) is 0.493. The maximum Gasteiger partial charge on any atom is 0.434 e. The van der Waals surface area contributed by atoms with Gasteiger partial charge in [0.25, 0.3) is 0 Å². The van der Waals surface area contributed by atoms with Crippen molar-refractivity contribution in [2.24, 2.45) is 5.92 Å². The molecule has 4 heteroatoms. The van der Waals surface area contributed by atoms with E-state index in [2.05, 4.69) is 46.1 Å². The van der Waals surface area contributed by atoms with Crippen molar-refractivity contribution in [1.82, 2.24) is 4.57 Å². The Balaban J connectivity index is 3.39. The van der Waals surface area contributed by atoms with Crippen molar-refractivity contribution in [3.05, 3.63) is 0 Å². The summed E-state index contributed by atoms with van der Waals surface area (Å²) in [6.45, 7) is 17.5. The molecule has 1 heterocycles. The van der Waals surface area contributed by atoms with Gasteiger partial charge < -0.3 is 8.85 Å². The Morgan fingerprint density at radius 3 is 1.64 bits per heavy atom. The van der Waals surface area contributed by atoms with Crippen LogP contribution in [0.25, 0.3) is 0 Å². The molecule has 3 nitrogen and oxygen atoms in total. The van der Waals surface area contributed by atoms with Crippen LogP contribution in [0.5, 0.6) is 0 Å². The Morgan fingerprint density at radius 1 is 0.864 bits per heavy atom. The number of rotatable bonds is 11. The lowest BCUT2D eigenvalue weighted by molar-refractivity contribution is 0.0736. The minimum atomic E-state index is -2.41. The smallest absolute Gasteiger partial charge is 0.383 e. The van der Waals surface area contributed by atoms with Crippen LogP contribution in [0.2, 0.25) is 5.04 Å². The molecule has 1 rings (SSSR count). The lowest BCUT2D eigenvalue weighted by atomic mass is 9.83. The van der Waals surface area contributed by atoms with Gasteiger partial charge in [-0.1, -0.05) is 40.5 Å². The summed E-state index contributed by atoms with van der Waals surface area (Å²) in [5, 5.41) is 0.201. The van der Waals surface area contributed by atoms with Crippen LogP contribution in [-0.4, -0.2) is 39.6 Å². The van der Waals surface area contributed by atoms with E-state index in [1.807, 2.05) is 0 Å². The highest BCUT2D eigenvalue weighted by Gasteiger charge is 2.63. The van der Waals surface area contributed by atoms with Crippen molar-refractivity contribution >= 4 is 8.72 Å². The minimum Gasteiger partial charge on any atom is -0.383 e. The van der Waals surface area contributed by atoms with Gasteiger partial charge in [-0.05, 0) is 58.5 Å². The molecule has 0 saturated carbocycles. The Kier molecular flexibility index (Phi) is 8.61. The summed E-state index contributed by atoms with van der Waals surface area (Å²) < 4.78 is 15.9. The van der Waals surface area contributed by atoms with Gasteiger partial charge in [0.1, 0.15) is 0 Å². The molecule has 0 aliphatic carbocycles. The van der Waals surface area contributed by atoms with Crippen LogP contribution in [0.4, 0.5) is 0 Å². The Bertz CT molecular complexity index is 291. The number of hydrogen-bond acceptors (Lipinski definition) is 3. The fourth-order valence-corrected chi connectivity index (χ4v) is 9.99. The van der Waals surface area contributed by atoms with E-state index < -0.39 is 8.72 Å². The summed E-state index contributed by atoms with van der Waals surface area (Å²) in [7, 11) is -2.41. The summed E-state index contributed by atoms with van der Waals surface area (Å²) in [6.07, 6.45) is 7.36. The van der Waals surface area contributed by atoms with Crippen molar-refractivity contribution in [2.45, 2.75) is 85.1 Å². The third-order valence-electron chi connectivity index (χ3n) is 5.86. The maximum absolute atomic E-state index is 6.63. The van der Waals surface area contributed by atoms with Gasteiger partial charge in [-0.2, -0.15) is 0 Å². The summed E-state index contributed by atoms with van der Waals surface area (Å²) in [5.41, 5.74) is 0. The molecule has 0 radical (unpaired) electrons. The largest absolute Gasteiger partial charge is 0.434 e. The standard InChI is InChI=1S/C18H39NO2Si/c1-7-17(8-2)18(9-3,10-4)22(20-11-5,21-12-6)19-15-13-14-16-19/h17H,7-16H2,1-6H3. The Labute approximate surface area is 140 Å². The molecule has 22 heavy (non-hydrogen) atoms. The molecule has 1 fully saturated rings. The second-order valence-corrected chi connectivity index (χ2v) is 9.89. The summed E-state index contributed by atoms with van der Waals surface area (Å²) in [5.74, 6) is 0.688. The van der Waals surface area contributed by atoms with Gasteiger partial charge >= 0.3 is 8.72 Å². The van der Waals surface area contributed by atoms with Gasteiger partial charge in [0.05, 0.1) is 0 Å². The first-order chi connectivity index (χ1) is 10.6. The SMILES string of the molecule is CCO[Si](OCC)(N1CCCC1)C(CC)(CC)C(CC)CC. The topological polar surface area (TPSA) is 21.7 Å². The molecular formula is C18H39NO2Si. The average Bonchev–Trinajstić information content (AvgIpc) is 3.07. The highest BCUT2D eigenvalue weighted by molar-refractivity contribution is 6.68. The minimum absolute atomic E-state index is 0.201. The molecule has 1 aliphatic heterocycles. The number of hydrogen-bond donors (Lipinski definition) is 0. The van der Waals surface area contributed by atoms with E-state index >= 15 is 0 Å². The zero-order chi connectivity index (χ0) is 16.6. The normalized spacial score (nSPS) is 17.6. The van der Waals surface area contributed by atoms with Gasteiger partial charge in [0.15, 0.2) is 0 Å². The zero-order valence-electron chi connectivity index (χ0n) is 15.9. The van der Waals surface area contributed by atoms with E-state index in [4.69, 9.17) is 8.85 Å². The van der Waals surface area contributed by atoms with E-state index in [1.165, 1.54) is 38.5 Å². The highest BCUT2D eigenvalue weighted by atomic mass is 28.4. The first kappa shape index (κ1) is 20.1. The summed E-state index contributed by atoms with van der Waals surface area (Å²) in [6, 6.07) is 0. The molecule has 1 saturated heterocycles. The van der Waals surface area contributed by atoms with Crippen LogP contribution in [-0.2, 0) is 8.85 Å². The zero-order valence-corrected chi connectivity index (χ0v) is 16.9. The van der Waals surface area contributed by atoms with Crippen LogP contribution < -0.4 is 0 Å². The molecule has 1 aliphatic rings. The van der Waals surface area contributed by atoms with E-state index in [0.717, 1.165) is 26.3 Å². The van der Waals surface area contributed by atoms with Crippen molar-refractivity contribution < 1.29 is 8.85 Å². The third-order valence-corrected chi connectivity index (χ3v) is 10.9. The van der Waals surface area contributed by atoms with Crippen LogP contribution >= 0.6 is 0 Å². The van der Waals surface area contributed by atoms with E-state index in [-0.39, 0.29) is 5.04 Å². The van der Waals surface area contributed by atoms with Crippen molar-refractivity contribution in [3.63, 3.8) is 0 Å². The summed E-state index contributed by atoms with van der Waals surface area (Å²) >= 11 is 0. The maximum atomic E-state index is 6.63. The average molecular weight is 330 g/mol. The Morgan fingerprint density at radius 2 is 1.32 bits per heavy atom. The van der Waals surface area contributed by atoms with E-state index in [9.17, 15) is 0 Å². The molecule has 0 aromatic carbocycles. The molecule has 132 valence electrons. The van der Waals surface area contributed by atoms with Crippen molar-refractivity contribution in [2.75, 3.05) is 26.3 Å². The third kappa shape index (κ3) is 3.45. The van der Waals surface area contributed by atoms with Crippen LogP contribution in [0.15, 0.2) is 0 Å². The molecule has 0 atom stereocenters. The molecule has 0 aromatic rings. The predicted molar refractivity (Wildman–Crippen MR) is 97.2 cm³/mol. The lowest BCUT2D eigenvalue weighted by Gasteiger charge is -2.53. The summed E-state index contributed by atoms with van der Waals surface area (Å²) in [4.78, 5) is 0. The predicted octanol–water partition coefficient (Wildman–Crippen LogP) is 5.09. The molecule has 0 bridgehead atoms. The molecule has 0 aromatic heterocycles. The van der Waals surface area contributed by atoms with Crippen LogP contribution in [0.3, 0.4) is 0 Å². The molecule has 0 N–H and O–H groups in total. The van der Waals surface area contributed by atoms with Gasteiger partial charge in [-0.3, -0.25) is 4.57 Å². The lowest BCUT2D eigenvalue weighted by Crippen LogP contribution is -2.67. The fourth-order valence-electron chi connectivity index (χ4n) is 4.83.